The highest BCUT2D eigenvalue weighted by Gasteiger charge is 2.35. The Labute approximate surface area is 114 Å². The van der Waals surface area contributed by atoms with E-state index in [2.05, 4.69) is 26.2 Å². The van der Waals surface area contributed by atoms with E-state index in [9.17, 15) is 0 Å². The molecule has 0 aliphatic heterocycles. The Hall–Kier alpha value is -0.0400. The monoisotopic (exact) mass is 251 g/mol. The average molecular weight is 251 g/mol. The third kappa shape index (κ3) is 3.50. The van der Waals surface area contributed by atoms with Crippen LogP contribution in [-0.2, 0) is 0 Å². The van der Waals surface area contributed by atoms with Crippen molar-refractivity contribution in [1.29, 1.82) is 0 Å². The first-order valence-corrected chi connectivity index (χ1v) is 8.39. The molecule has 0 saturated heterocycles. The van der Waals surface area contributed by atoms with Crippen molar-refractivity contribution < 1.29 is 0 Å². The molecule has 2 aliphatic rings. The minimum absolute atomic E-state index is 0.967. The lowest BCUT2D eigenvalue weighted by Crippen LogP contribution is -2.36. The maximum absolute atomic E-state index is 3.44. The zero-order chi connectivity index (χ0) is 13.0. The van der Waals surface area contributed by atoms with Crippen LogP contribution in [0.3, 0.4) is 0 Å². The van der Waals surface area contributed by atoms with Gasteiger partial charge in [0.1, 0.15) is 0 Å². The maximum Gasteiger partial charge on any atom is -0.00208 e. The molecular weight excluding hydrogens is 218 g/mol. The summed E-state index contributed by atoms with van der Waals surface area (Å²) in [5, 5.41) is 3.44. The molecule has 18 heavy (non-hydrogen) atoms. The normalized spacial score (nSPS) is 41.8. The van der Waals surface area contributed by atoms with E-state index in [1.165, 1.54) is 57.9 Å². The van der Waals surface area contributed by atoms with E-state index in [1.807, 2.05) is 0 Å². The standard InChI is InChI=1S/C17H33N/c1-4-14-6-9-15(10-7-14)17-11-13(2)5-8-16(17)12-18-3/h13-18H,4-12H2,1-3H3. The van der Waals surface area contributed by atoms with E-state index in [0.717, 1.165) is 29.6 Å². The summed E-state index contributed by atoms with van der Waals surface area (Å²) in [6, 6.07) is 0. The van der Waals surface area contributed by atoms with Crippen molar-refractivity contribution in [2.75, 3.05) is 13.6 Å². The second-order valence-corrected chi connectivity index (χ2v) is 7.09. The highest BCUT2D eigenvalue weighted by Crippen LogP contribution is 2.44. The second kappa shape index (κ2) is 6.93. The summed E-state index contributed by atoms with van der Waals surface area (Å²) < 4.78 is 0. The molecule has 1 N–H and O–H groups in total. The van der Waals surface area contributed by atoms with Gasteiger partial charge in [0.2, 0.25) is 0 Å². The minimum atomic E-state index is 0.967. The summed E-state index contributed by atoms with van der Waals surface area (Å²) in [5.74, 6) is 5.07. The molecule has 2 aliphatic carbocycles. The highest BCUT2D eigenvalue weighted by atomic mass is 14.8. The van der Waals surface area contributed by atoms with Crippen molar-refractivity contribution in [3.8, 4) is 0 Å². The fraction of sp³-hybridized carbons (Fsp3) is 1.00. The van der Waals surface area contributed by atoms with E-state index in [-0.39, 0.29) is 0 Å². The van der Waals surface area contributed by atoms with Gasteiger partial charge < -0.3 is 5.32 Å². The van der Waals surface area contributed by atoms with E-state index in [4.69, 9.17) is 0 Å². The van der Waals surface area contributed by atoms with Crippen LogP contribution < -0.4 is 5.32 Å². The summed E-state index contributed by atoms with van der Waals surface area (Å²) in [4.78, 5) is 0. The fourth-order valence-corrected chi connectivity index (χ4v) is 4.61. The summed E-state index contributed by atoms with van der Waals surface area (Å²) in [5.41, 5.74) is 0. The molecule has 2 fully saturated rings. The molecule has 1 heteroatoms. The number of hydrogen-bond donors (Lipinski definition) is 1. The lowest BCUT2D eigenvalue weighted by atomic mass is 9.64. The van der Waals surface area contributed by atoms with Crippen molar-refractivity contribution in [2.24, 2.45) is 29.6 Å². The van der Waals surface area contributed by atoms with Gasteiger partial charge >= 0.3 is 0 Å². The van der Waals surface area contributed by atoms with Gasteiger partial charge in [-0.3, -0.25) is 0 Å². The Morgan fingerprint density at radius 1 is 1.00 bits per heavy atom. The number of nitrogens with one attached hydrogen (secondary N) is 1. The Morgan fingerprint density at radius 3 is 2.33 bits per heavy atom. The quantitative estimate of drug-likeness (QED) is 0.777. The maximum atomic E-state index is 3.44. The molecule has 0 amide bonds. The van der Waals surface area contributed by atoms with Crippen LogP contribution in [0, 0.1) is 29.6 Å². The summed E-state index contributed by atoms with van der Waals surface area (Å²) in [7, 11) is 2.13. The molecule has 1 nitrogen and oxygen atoms in total. The van der Waals surface area contributed by atoms with Gasteiger partial charge in [0, 0.05) is 0 Å². The first kappa shape index (κ1) is 14.4. The van der Waals surface area contributed by atoms with Gasteiger partial charge in [-0.15, -0.1) is 0 Å². The van der Waals surface area contributed by atoms with Crippen LogP contribution in [0.4, 0.5) is 0 Å². The first-order chi connectivity index (χ1) is 8.74. The predicted molar refractivity (Wildman–Crippen MR) is 79.7 cm³/mol. The lowest BCUT2D eigenvalue weighted by molar-refractivity contribution is 0.0891. The molecule has 3 atom stereocenters. The van der Waals surface area contributed by atoms with Crippen molar-refractivity contribution in [3.05, 3.63) is 0 Å². The van der Waals surface area contributed by atoms with Crippen LogP contribution in [0.25, 0.3) is 0 Å². The van der Waals surface area contributed by atoms with E-state index in [0.29, 0.717) is 0 Å². The Bertz CT molecular complexity index is 230. The van der Waals surface area contributed by atoms with E-state index < -0.39 is 0 Å². The Balaban J connectivity index is 1.91. The fourth-order valence-electron chi connectivity index (χ4n) is 4.61. The van der Waals surface area contributed by atoms with Crippen LogP contribution in [0.15, 0.2) is 0 Å². The summed E-state index contributed by atoms with van der Waals surface area (Å²) >= 11 is 0. The first-order valence-electron chi connectivity index (χ1n) is 8.39. The van der Waals surface area contributed by atoms with Crippen LogP contribution in [0.1, 0.15) is 65.2 Å². The molecule has 0 bridgehead atoms. The average Bonchev–Trinajstić information content (AvgIpc) is 2.41. The zero-order valence-corrected chi connectivity index (χ0v) is 12.8. The predicted octanol–water partition coefficient (Wildman–Crippen LogP) is 4.47. The van der Waals surface area contributed by atoms with Gasteiger partial charge in [-0.2, -0.15) is 0 Å². The molecule has 3 unspecified atom stereocenters. The van der Waals surface area contributed by atoms with Crippen molar-refractivity contribution >= 4 is 0 Å². The summed E-state index contributed by atoms with van der Waals surface area (Å²) in [6.45, 7) is 6.10. The molecule has 0 aromatic heterocycles. The molecule has 2 saturated carbocycles. The third-order valence-corrected chi connectivity index (χ3v) is 5.85. The Kier molecular flexibility index (Phi) is 5.54. The minimum Gasteiger partial charge on any atom is -0.319 e. The molecule has 2 rings (SSSR count). The van der Waals surface area contributed by atoms with Crippen molar-refractivity contribution in [2.45, 2.75) is 65.2 Å². The highest BCUT2D eigenvalue weighted by molar-refractivity contribution is 4.86. The smallest absolute Gasteiger partial charge is 0.00208 e. The molecule has 0 radical (unpaired) electrons. The van der Waals surface area contributed by atoms with Gasteiger partial charge in [-0.25, -0.2) is 0 Å². The molecule has 0 spiro atoms. The van der Waals surface area contributed by atoms with Gasteiger partial charge in [0.15, 0.2) is 0 Å². The molecule has 0 aromatic rings. The molecular formula is C17H33N. The topological polar surface area (TPSA) is 12.0 Å². The molecule has 0 aromatic carbocycles. The van der Waals surface area contributed by atoms with E-state index in [1.54, 1.807) is 0 Å². The van der Waals surface area contributed by atoms with Gasteiger partial charge in [0.25, 0.3) is 0 Å². The van der Waals surface area contributed by atoms with Gasteiger partial charge in [-0.05, 0) is 68.9 Å². The number of rotatable bonds is 4. The number of hydrogen-bond acceptors (Lipinski definition) is 1. The van der Waals surface area contributed by atoms with Crippen LogP contribution in [0.2, 0.25) is 0 Å². The van der Waals surface area contributed by atoms with Gasteiger partial charge in [0.05, 0.1) is 0 Å². The van der Waals surface area contributed by atoms with Crippen molar-refractivity contribution in [3.63, 3.8) is 0 Å². The second-order valence-electron chi connectivity index (χ2n) is 7.09. The van der Waals surface area contributed by atoms with Gasteiger partial charge in [-0.1, -0.05) is 39.5 Å². The third-order valence-electron chi connectivity index (χ3n) is 5.85. The van der Waals surface area contributed by atoms with Crippen molar-refractivity contribution in [1.82, 2.24) is 5.32 Å². The summed E-state index contributed by atoms with van der Waals surface area (Å²) in [6.07, 6.45) is 11.9. The van der Waals surface area contributed by atoms with E-state index >= 15 is 0 Å². The van der Waals surface area contributed by atoms with Crippen LogP contribution in [-0.4, -0.2) is 13.6 Å². The SMILES string of the molecule is CCC1CCC(C2CC(C)CCC2CNC)CC1. The Morgan fingerprint density at radius 2 is 1.72 bits per heavy atom. The molecule has 0 heterocycles. The largest absolute Gasteiger partial charge is 0.319 e. The van der Waals surface area contributed by atoms with Crippen LogP contribution >= 0.6 is 0 Å². The zero-order valence-electron chi connectivity index (χ0n) is 12.8. The van der Waals surface area contributed by atoms with Crippen LogP contribution in [0.5, 0.6) is 0 Å². The lowest BCUT2D eigenvalue weighted by Gasteiger charge is -2.42. The molecule has 106 valence electrons.